The Hall–Kier alpha value is -2.06. The van der Waals surface area contributed by atoms with Gasteiger partial charge in [0.15, 0.2) is 6.61 Å². The molecule has 2 rings (SSSR count). The fourth-order valence-corrected chi connectivity index (χ4v) is 2.97. The van der Waals surface area contributed by atoms with Crippen LogP contribution in [0.5, 0.6) is 17.2 Å². The predicted octanol–water partition coefficient (Wildman–Crippen LogP) is 3.45. The van der Waals surface area contributed by atoms with Crippen LogP contribution in [0.4, 0.5) is 0 Å². The lowest BCUT2D eigenvalue weighted by atomic mass is 10.2. The predicted molar refractivity (Wildman–Crippen MR) is 97.7 cm³/mol. The molecule has 1 amide bonds. The summed E-state index contributed by atoms with van der Waals surface area (Å²) >= 11 is 6.53. The Bertz CT molecular complexity index is 748. The second-order valence-electron chi connectivity index (χ2n) is 4.58. The number of carbonyl (C=O) groups is 1. The van der Waals surface area contributed by atoms with E-state index in [-0.39, 0.29) is 12.4 Å². The van der Waals surface area contributed by atoms with E-state index >= 15 is 0 Å². The van der Waals surface area contributed by atoms with Crippen molar-refractivity contribution in [3.63, 3.8) is 0 Å². The molecule has 0 heterocycles. The molecule has 2 aromatic carbocycles. The van der Waals surface area contributed by atoms with E-state index in [1.54, 1.807) is 43.5 Å². The molecule has 0 bridgehead atoms. The number of phenols is 1. The number of rotatable bonds is 6. The van der Waals surface area contributed by atoms with E-state index < -0.39 is 5.91 Å². The number of amides is 1. The Kier molecular flexibility index (Phi) is 6.62. The third-order valence-electron chi connectivity index (χ3n) is 2.88. The lowest BCUT2D eigenvalue weighted by Crippen LogP contribution is -2.24. The van der Waals surface area contributed by atoms with Gasteiger partial charge in [0, 0.05) is 10.0 Å². The zero-order valence-electron chi connectivity index (χ0n) is 12.6. The van der Waals surface area contributed by atoms with Gasteiger partial charge in [-0.3, -0.25) is 4.79 Å². The Morgan fingerprint density at radius 3 is 2.58 bits per heavy atom. The van der Waals surface area contributed by atoms with Gasteiger partial charge in [-0.15, -0.1) is 0 Å². The number of hydrazone groups is 1. The van der Waals surface area contributed by atoms with Crippen molar-refractivity contribution < 1.29 is 19.4 Å². The Labute approximate surface area is 155 Å². The summed E-state index contributed by atoms with van der Waals surface area (Å²) in [7, 11) is 1.57. The van der Waals surface area contributed by atoms with Crippen molar-refractivity contribution >= 4 is 44.0 Å². The smallest absolute Gasteiger partial charge is 0.277 e. The number of halogens is 2. The summed E-state index contributed by atoms with van der Waals surface area (Å²) in [6.45, 7) is -0.183. The summed E-state index contributed by atoms with van der Waals surface area (Å²) in [4.78, 5) is 11.7. The van der Waals surface area contributed by atoms with Crippen LogP contribution in [-0.4, -0.2) is 30.9 Å². The molecule has 0 aliphatic carbocycles. The average Bonchev–Trinajstić information content (AvgIpc) is 2.57. The van der Waals surface area contributed by atoms with Crippen molar-refractivity contribution in [3.05, 3.63) is 50.9 Å². The van der Waals surface area contributed by atoms with Crippen LogP contribution in [0.15, 0.2) is 50.4 Å². The number of hydrogen-bond donors (Lipinski definition) is 2. The van der Waals surface area contributed by atoms with Gasteiger partial charge in [0.2, 0.25) is 0 Å². The molecule has 0 saturated heterocycles. The number of methoxy groups -OCH3 is 1. The Morgan fingerprint density at radius 1 is 1.25 bits per heavy atom. The maximum Gasteiger partial charge on any atom is 0.277 e. The number of phenolic OH excluding ortho intramolecular Hbond substituents is 1. The molecule has 8 heteroatoms. The van der Waals surface area contributed by atoms with E-state index in [0.29, 0.717) is 21.5 Å². The molecule has 0 aromatic heterocycles. The van der Waals surface area contributed by atoms with Crippen LogP contribution in [0.3, 0.4) is 0 Å². The highest BCUT2D eigenvalue weighted by Crippen LogP contribution is 2.30. The third kappa shape index (κ3) is 5.24. The van der Waals surface area contributed by atoms with Gasteiger partial charge >= 0.3 is 0 Å². The molecule has 24 heavy (non-hydrogen) atoms. The number of ether oxygens (including phenoxy) is 2. The standard InChI is InChI=1S/C16H14Br2N2O4/c1-23-12-2-4-13(5-3-12)24-9-15(21)20-19-8-10-6-11(17)7-14(18)16(10)22/h2-8,22H,9H2,1H3,(H,20,21)/b19-8+. The maximum atomic E-state index is 11.7. The molecule has 0 saturated carbocycles. The highest BCUT2D eigenvalue weighted by atomic mass is 79.9. The summed E-state index contributed by atoms with van der Waals surface area (Å²) in [5.41, 5.74) is 2.78. The highest BCUT2D eigenvalue weighted by molar-refractivity contribution is 9.11. The number of carbonyl (C=O) groups excluding carboxylic acids is 1. The van der Waals surface area contributed by atoms with Gasteiger partial charge in [-0.1, -0.05) is 15.9 Å². The third-order valence-corrected chi connectivity index (χ3v) is 3.94. The number of aromatic hydroxyl groups is 1. The van der Waals surface area contributed by atoms with E-state index in [0.717, 1.165) is 4.47 Å². The molecule has 2 aromatic rings. The molecule has 0 fully saturated rings. The van der Waals surface area contributed by atoms with Crippen LogP contribution in [0, 0.1) is 0 Å². The van der Waals surface area contributed by atoms with Crippen molar-refractivity contribution in [3.8, 4) is 17.2 Å². The summed E-state index contributed by atoms with van der Waals surface area (Å²) in [5, 5.41) is 13.7. The van der Waals surface area contributed by atoms with Gasteiger partial charge in [-0.2, -0.15) is 5.10 Å². The molecule has 0 aliphatic rings. The van der Waals surface area contributed by atoms with E-state index in [2.05, 4.69) is 42.4 Å². The summed E-state index contributed by atoms with van der Waals surface area (Å²) in [5.74, 6) is 0.862. The van der Waals surface area contributed by atoms with Crippen molar-refractivity contribution in [1.82, 2.24) is 5.43 Å². The van der Waals surface area contributed by atoms with Crippen LogP contribution in [0.1, 0.15) is 5.56 Å². The number of benzene rings is 2. The number of nitrogens with one attached hydrogen (secondary N) is 1. The second kappa shape index (κ2) is 8.70. The monoisotopic (exact) mass is 456 g/mol. The minimum Gasteiger partial charge on any atom is -0.506 e. The van der Waals surface area contributed by atoms with Crippen molar-refractivity contribution in [1.29, 1.82) is 0 Å². The molecule has 6 nitrogen and oxygen atoms in total. The van der Waals surface area contributed by atoms with Gasteiger partial charge in [-0.05, 0) is 52.3 Å². The molecule has 0 unspecified atom stereocenters. The fourth-order valence-electron chi connectivity index (χ4n) is 1.71. The lowest BCUT2D eigenvalue weighted by Gasteiger charge is -2.06. The molecule has 0 aliphatic heterocycles. The van der Waals surface area contributed by atoms with Gasteiger partial charge in [-0.25, -0.2) is 5.43 Å². The van der Waals surface area contributed by atoms with E-state index in [1.807, 2.05) is 0 Å². The minimum atomic E-state index is -0.421. The summed E-state index contributed by atoms with van der Waals surface area (Å²) < 4.78 is 11.6. The Balaban J connectivity index is 1.86. The molecule has 126 valence electrons. The van der Waals surface area contributed by atoms with E-state index in [4.69, 9.17) is 9.47 Å². The first-order valence-electron chi connectivity index (χ1n) is 6.76. The van der Waals surface area contributed by atoms with Crippen LogP contribution < -0.4 is 14.9 Å². The SMILES string of the molecule is COc1ccc(OCC(=O)N/N=C/c2cc(Br)cc(Br)c2O)cc1. The first-order chi connectivity index (χ1) is 11.5. The zero-order chi connectivity index (χ0) is 17.5. The van der Waals surface area contributed by atoms with Gasteiger partial charge in [0.05, 0.1) is 17.8 Å². The topological polar surface area (TPSA) is 80.2 Å². The van der Waals surface area contributed by atoms with Crippen molar-refractivity contribution in [2.75, 3.05) is 13.7 Å². The fraction of sp³-hybridized carbons (Fsp3) is 0.125. The van der Waals surface area contributed by atoms with Gasteiger partial charge in [0.1, 0.15) is 17.2 Å². The zero-order valence-corrected chi connectivity index (χ0v) is 15.8. The second-order valence-corrected chi connectivity index (χ2v) is 6.35. The minimum absolute atomic E-state index is 0.0330. The molecule has 2 N–H and O–H groups in total. The largest absolute Gasteiger partial charge is 0.506 e. The number of hydrogen-bond acceptors (Lipinski definition) is 5. The quantitative estimate of drug-likeness (QED) is 0.514. The maximum absolute atomic E-state index is 11.7. The van der Waals surface area contributed by atoms with E-state index in [1.165, 1.54) is 6.21 Å². The highest BCUT2D eigenvalue weighted by Gasteiger charge is 2.06. The van der Waals surface area contributed by atoms with Crippen molar-refractivity contribution in [2.24, 2.45) is 5.10 Å². The summed E-state index contributed by atoms with van der Waals surface area (Å²) in [6, 6.07) is 10.2. The van der Waals surface area contributed by atoms with Gasteiger partial charge in [0.25, 0.3) is 5.91 Å². The summed E-state index contributed by atoms with van der Waals surface area (Å²) in [6.07, 6.45) is 1.34. The molecule has 0 spiro atoms. The Morgan fingerprint density at radius 2 is 1.92 bits per heavy atom. The molecule has 0 radical (unpaired) electrons. The van der Waals surface area contributed by atoms with Crippen LogP contribution in [0.25, 0.3) is 0 Å². The molecule has 0 atom stereocenters. The normalized spacial score (nSPS) is 10.6. The molecular weight excluding hydrogens is 444 g/mol. The lowest BCUT2D eigenvalue weighted by molar-refractivity contribution is -0.123. The average molecular weight is 458 g/mol. The number of nitrogens with zero attached hydrogens (tertiary/aromatic N) is 1. The van der Waals surface area contributed by atoms with Crippen LogP contribution in [-0.2, 0) is 4.79 Å². The first-order valence-corrected chi connectivity index (χ1v) is 8.35. The van der Waals surface area contributed by atoms with Gasteiger partial charge < -0.3 is 14.6 Å². The van der Waals surface area contributed by atoms with Crippen LogP contribution in [0.2, 0.25) is 0 Å². The first kappa shape index (κ1) is 18.3. The van der Waals surface area contributed by atoms with Crippen molar-refractivity contribution in [2.45, 2.75) is 0 Å². The van der Waals surface area contributed by atoms with Crippen LogP contribution >= 0.6 is 31.9 Å². The molecular formula is C16H14Br2N2O4. The van der Waals surface area contributed by atoms with E-state index in [9.17, 15) is 9.90 Å².